The van der Waals surface area contributed by atoms with Gasteiger partial charge in [0.2, 0.25) is 5.91 Å². The molecule has 8 heteroatoms. The van der Waals surface area contributed by atoms with E-state index in [0.29, 0.717) is 38.1 Å². The van der Waals surface area contributed by atoms with E-state index in [9.17, 15) is 14.4 Å². The summed E-state index contributed by atoms with van der Waals surface area (Å²) in [5, 5.41) is 3.64. The number of nitrogens with zero attached hydrogens (tertiary/aromatic N) is 1. The van der Waals surface area contributed by atoms with Gasteiger partial charge in [-0.2, -0.15) is 0 Å². The Balaban J connectivity index is 1.54. The fourth-order valence-corrected chi connectivity index (χ4v) is 3.81. The van der Waals surface area contributed by atoms with E-state index in [1.165, 1.54) is 13.2 Å². The molecule has 0 spiro atoms. The van der Waals surface area contributed by atoms with E-state index < -0.39 is 17.7 Å². The minimum atomic E-state index is -0.427. The number of halogens is 2. The number of hydrogen-bond donors (Lipinski definition) is 1. The molecule has 32 heavy (non-hydrogen) atoms. The van der Waals surface area contributed by atoms with Crippen LogP contribution in [-0.4, -0.2) is 24.8 Å². The summed E-state index contributed by atoms with van der Waals surface area (Å²) < 4.78 is 5.39. The van der Waals surface area contributed by atoms with Gasteiger partial charge in [-0.3, -0.25) is 14.4 Å². The van der Waals surface area contributed by atoms with Gasteiger partial charge in [-0.25, -0.2) is 4.90 Å². The number of hydrogen-bond acceptors (Lipinski definition) is 4. The van der Waals surface area contributed by atoms with Crippen LogP contribution in [0.4, 0.5) is 11.4 Å². The molecule has 3 amide bonds. The maximum atomic E-state index is 12.8. The lowest BCUT2D eigenvalue weighted by Crippen LogP contribution is -2.29. The third-order valence-corrected chi connectivity index (χ3v) is 5.42. The lowest BCUT2D eigenvalue weighted by Gasteiger charge is -2.18. The summed E-state index contributed by atoms with van der Waals surface area (Å²) in [6.45, 7) is 0. The SMILES string of the molecule is COc1cc(NC(=O)/C=C/c2ccc(Cl)cc2Cl)ccc1N1C(=O)c2ccccc2C1=O. The predicted molar refractivity (Wildman–Crippen MR) is 125 cm³/mol. The van der Waals surface area contributed by atoms with Crippen molar-refractivity contribution in [3.05, 3.63) is 93.5 Å². The summed E-state index contributed by atoms with van der Waals surface area (Å²) in [7, 11) is 1.42. The average Bonchev–Trinajstić information content (AvgIpc) is 3.03. The van der Waals surface area contributed by atoms with Gasteiger partial charge in [0.25, 0.3) is 11.8 Å². The smallest absolute Gasteiger partial charge is 0.266 e. The molecule has 1 aliphatic rings. The van der Waals surface area contributed by atoms with E-state index in [-0.39, 0.29) is 5.75 Å². The zero-order valence-corrected chi connectivity index (χ0v) is 18.3. The first-order chi connectivity index (χ1) is 15.4. The highest BCUT2D eigenvalue weighted by molar-refractivity contribution is 6.36. The summed E-state index contributed by atoms with van der Waals surface area (Å²) in [6.07, 6.45) is 2.90. The molecule has 1 N–H and O–H groups in total. The molecule has 4 rings (SSSR count). The van der Waals surface area contributed by atoms with Crippen LogP contribution in [-0.2, 0) is 4.79 Å². The van der Waals surface area contributed by atoms with Crippen molar-refractivity contribution in [3.8, 4) is 5.75 Å². The predicted octanol–water partition coefficient (Wildman–Crippen LogP) is 5.45. The number of benzene rings is 3. The quantitative estimate of drug-likeness (QED) is 0.400. The fourth-order valence-electron chi connectivity index (χ4n) is 3.33. The molecular formula is C24H16Cl2N2O4. The largest absolute Gasteiger partial charge is 0.494 e. The summed E-state index contributed by atoms with van der Waals surface area (Å²) in [4.78, 5) is 38.9. The Morgan fingerprint density at radius 3 is 2.28 bits per heavy atom. The number of amides is 3. The first-order valence-corrected chi connectivity index (χ1v) is 10.2. The molecule has 0 atom stereocenters. The lowest BCUT2D eigenvalue weighted by atomic mass is 10.1. The van der Waals surface area contributed by atoms with Gasteiger partial charge in [-0.05, 0) is 48.0 Å². The summed E-state index contributed by atoms with van der Waals surface area (Å²) >= 11 is 12.0. The zero-order chi connectivity index (χ0) is 22.8. The Morgan fingerprint density at radius 1 is 0.969 bits per heavy atom. The molecule has 0 saturated carbocycles. The first-order valence-electron chi connectivity index (χ1n) is 9.49. The van der Waals surface area contributed by atoms with Crippen LogP contribution >= 0.6 is 23.2 Å². The molecule has 0 aliphatic carbocycles. The zero-order valence-electron chi connectivity index (χ0n) is 16.8. The first kappa shape index (κ1) is 21.6. The number of imide groups is 1. The van der Waals surface area contributed by atoms with Crippen molar-refractivity contribution < 1.29 is 19.1 Å². The number of carbonyl (C=O) groups excluding carboxylic acids is 3. The molecule has 1 aliphatic heterocycles. The second kappa shape index (κ2) is 8.86. The number of ether oxygens (including phenoxy) is 1. The Bertz CT molecular complexity index is 1250. The van der Waals surface area contributed by atoms with Crippen molar-refractivity contribution in [1.82, 2.24) is 0 Å². The molecule has 6 nitrogen and oxygen atoms in total. The Labute approximate surface area is 194 Å². The van der Waals surface area contributed by atoms with Crippen molar-refractivity contribution in [3.63, 3.8) is 0 Å². The molecule has 0 radical (unpaired) electrons. The number of rotatable bonds is 5. The highest BCUT2D eigenvalue weighted by Crippen LogP contribution is 2.36. The Hall–Kier alpha value is -3.61. The summed E-state index contributed by atoms with van der Waals surface area (Å²) in [5.74, 6) is -0.986. The van der Waals surface area contributed by atoms with Gasteiger partial charge >= 0.3 is 0 Å². The summed E-state index contributed by atoms with van der Waals surface area (Å²) in [5.41, 5.74) is 2.04. The molecule has 3 aromatic carbocycles. The molecule has 0 fully saturated rings. The molecule has 0 bridgehead atoms. The fraction of sp³-hybridized carbons (Fsp3) is 0.0417. The molecule has 3 aromatic rings. The Kier molecular flexibility index (Phi) is 5.99. The third-order valence-electron chi connectivity index (χ3n) is 4.86. The van der Waals surface area contributed by atoms with Crippen molar-refractivity contribution in [2.75, 3.05) is 17.3 Å². The monoisotopic (exact) mass is 466 g/mol. The van der Waals surface area contributed by atoms with Gasteiger partial charge < -0.3 is 10.1 Å². The Morgan fingerprint density at radius 2 is 1.66 bits per heavy atom. The van der Waals surface area contributed by atoms with Gasteiger partial charge in [-0.15, -0.1) is 0 Å². The lowest BCUT2D eigenvalue weighted by molar-refractivity contribution is -0.111. The maximum absolute atomic E-state index is 12.8. The number of methoxy groups -OCH3 is 1. The van der Waals surface area contributed by atoms with Gasteiger partial charge in [0.1, 0.15) is 5.75 Å². The van der Waals surface area contributed by atoms with Crippen LogP contribution < -0.4 is 15.0 Å². The number of anilines is 2. The van der Waals surface area contributed by atoms with Crippen LogP contribution in [0.5, 0.6) is 5.75 Å². The number of carbonyl (C=O) groups is 3. The maximum Gasteiger partial charge on any atom is 0.266 e. The van der Waals surface area contributed by atoms with Crippen LogP contribution in [0, 0.1) is 0 Å². The molecule has 0 saturated heterocycles. The average molecular weight is 467 g/mol. The van der Waals surface area contributed by atoms with Crippen LogP contribution in [0.25, 0.3) is 6.08 Å². The topological polar surface area (TPSA) is 75.7 Å². The molecular weight excluding hydrogens is 451 g/mol. The second-order valence-electron chi connectivity index (χ2n) is 6.87. The van der Waals surface area contributed by atoms with E-state index >= 15 is 0 Å². The summed E-state index contributed by atoms with van der Waals surface area (Å²) in [6, 6.07) is 16.3. The number of fused-ring (bicyclic) bond motifs is 1. The minimum absolute atomic E-state index is 0.266. The molecule has 0 aromatic heterocycles. The van der Waals surface area contributed by atoms with Crippen molar-refractivity contribution >= 4 is 58.4 Å². The second-order valence-corrected chi connectivity index (χ2v) is 7.71. The van der Waals surface area contributed by atoms with Crippen LogP contribution in [0.1, 0.15) is 26.3 Å². The van der Waals surface area contributed by atoms with E-state index in [4.69, 9.17) is 27.9 Å². The van der Waals surface area contributed by atoms with Gasteiger partial charge in [0, 0.05) is 27.9 Å². The van der Waals surface area contributed by atoms with E-state index in [0.717, 1.165) is 4.90 Å². The standard InChI is InChI=1S/C24H16Cl2N2O4/c1-32-21-13-16(27-22(29)11-7-14-6-8-15(25)12-19(14)26)9-10-20(21)28-23(30)17-4-2-3-5-18(17)24(28)31/h2-13H,1H3,(H,27,29)/b11-7+. The number of nitrogens with one attached hydrogen (secondary N) is 1. The van der Waals surface area contributed by atoms with Gasteiger partial charge in [0.05, 0.1) is 23.9 Å². The van der Waals surface area contributed by atoms with E-state index in [1.807, 2.05) is 0 Å². The minimum Gasteiger partial charge on any atom is -0.494 e. The van der Waals surface area contributed by atoms with E-state index in [1.54, 1.807) is 66.7 Å². The third kappa shape index (κ3) is 4.10. The molecule has 0 unspecified atom stereocenters. The van der Waals surface area contributed by atoms with Crippen LogP contribution in [0.15, 0.2) is 66.7 Å². The van der Waals surface area contributed by atoms with Gasteiger partial charge in [0.15, 0.2) is 0 Å². The van der Waals surface area contributed by atoms with Crippen molar-refractivity contribution in [2.45, 2.75) is 0 Å². The molecule has 160 valence electrons. The highest BCUT2D eigenvalue weighted by atomic mass is 35.5. The highest BCUT2D eigenvalue weighted by Gasteiger charge is 2.37. The molecule has 1 heterocycles. The van der Waals surface area contributed by atoms with Crippen molar-refractivity contribution in [2.24, 2.45) is 0 Å². The van der Waals surface area contributed by atoms with E-state index in [2.05, 4.69) is 5.32 Å². The van der Waals surface area contributed by atoms with Crippen LogP contribution in [0.2, 0.25) is 10.0 Å². The normalized spacial score (nSPS) is 12.9. The van der Waals surface area contributed by atoms with Crippen LogP contribution in [0.3, 0.4) is 0 Å². The van der Waals surface area contributed by atoms with Crippen molar-refractivity contribution in [1.29, 1.82) is 0 Å². The van der Waals surface area contributed by atoms with Gasteiger partial charge in [-0.1, -0.05) is 41.4 Å².